The average Bonchev–Trinajstić information content (AvgIpc) is 3.27. The molecule has 1 aromatic heterocycles. The van der Waals surface area contributed by atoms with Crippen molar-refractivity contribution >= 4 is 36.0 Å². The number of ether oxygens (including phenoxy) is 1. The molecule has 2 aromatic rings. The van der Waals surface area contributed by atoms with E-state index in [-0.39, 0.29) is 36.1 Å². The number of piperidine rings is 1. The van der Waals surface area contributed by atoms with Gasteiger partial charge in [-0.3, -0.25) is 5.10 Å². The molecule has 0 radical (unpaired) electrons. The summed E-state index contributed by atoms with van der Waals surface area (Å²) >= 11 is 0. The number of hydrogen-bond donors (Lipinski definition) is 3. The first kappa shape index (κ1) is 22.9. The maximum atomic E-state index is 11.6. The number of hydrogen-bond acceptors (Lipinski definition) is 5. The SMILES string of the molecule is CCNC(=NCc1cccc(-c2ncn[nH]2)c1)NC1CCN(C(=O)OC)CC1.I. The van der Waals surface area contributed by atoms with Crippen LogP contribution in [-0.4, -0.2) is 64.9 Å². The number of methoxy groups -OCH3 is 1. The number of rotatable bonds is 5. The monoisotopic (exact) mass is 513 g/mol. The fraction of sp³-hybridized carbons (Fsp3) is 0.474. The second-order valence-corrected chi connectivity index (χ2v) is 6.61. The van der Waals surface area contributed by atoms with Gasteiger partial charge in [-0.05, 0) is 31.4 Å². The van der Waals surface area contributed by atoms with Gasteiger partial charge in [-0.1, -0.05) is 18.2 Å². The van der Waals surface area contributed by atoms with Crippen molar-refractivity contribution in [2.45, 2.75) is 32.4 Å². The van der Waals surface area contributed by atoms with Gasteiger partial charge in [-0.2, -0.15) is 5.10 Å². The van der Waals surface area contributed by atoms with Crippen LogP contribution in [0.2, 0.25) is 0 Å². The third-order valence-electron chi connectivity index (χ3n) is 4.65. The van der Waals surface area contributed by atoms with Crippen molar-refractivity contribution in [2.24, 2.45) is 4.99 Å². The van der Waals surface area contributed by atoms with Crippen LogP contribution in [0.15, 0.2) is 35.6 Å². The summed E-state index contributed by atoms with van der Waals surface area (Å²) in [5.74, 6) is 1.53. The highest BCUT2D eigenvalue weighted by atomic mass is 127. The third-order valence-corrected chi connectivity index (χ3v) is 4.65. The molecular formula is C19H28IN7O2. The summed E-state index contributed by atoms with van der Waals surface area (Å²) in [5.41, 5.74) is 2.07. The molecule has 10 heteroatoms. The Hall–Kier alpha value is -2.37. The van der Waals surface area contributed by atoms with E-state index >= 15 is 0 Å². The summed E-state index contributed by atoms with van der Waals surface area (Å²) in [6.45, 7) is 4.75. The molecular weight excluding hydrogens is 485 g/mol. The molecule has 0 saturated carbocycles. The number of benzene rings is 1. The number of amides is 1. The number of nitrogens with one attached hydrogen (secondary N) is 3. The van der Waals surface area contributed by atoms with Gasteiger partial charge in [0.15, 0.2) is 11.8 Å². The van der Waals surface area contributed by atoms with Crippen molar-refractivity contribution in [3.63, 3.8) is 0 Å². The van der Waals surface area contributed by atoms with E-state index in [0.29, 0.717) is 19.6 Å². The average molecular weight is 513 g/mol. The highest BCUT2D eigenvalue weighted by Gasteiger charge is 2.23. The van der Waals surface area contributed by atoms with E-state index in [0.717, 1.165) is 42.3 Å². The van der Waals surface area contributed by atoms with Crippen LogP contribution in [-0.2, 0) is 11.3 Å². The minimum Gasteiger partial charge on any atom is -0.453 e. The molecule has 2 heterocycles. The Morgan fingerprint density at radius 2 is 2.17 bits per heavy atom. The Morgan fingerprint density at radius 3 is 2.83 bits per heavy atom. The van der Waals surface area contributed by atoms with Crippen molar-refractivity contribution in [1.82, 2.24) is 30.7 Å². The Kier molecular flexibility index (Phi) is 9.16. The van der Waals surface area contributed by atoms with Crippen LogP contribution in [0.5, 0.6) is 0 Å². The van der Waals surface area contributed by atoms with E-state index in [1.165, 1.54) is 13.4 Å². The van der Waals surface area contributed by atoms with Crippen LogP contribution < -0.4 is 10.6 Å². The molecule has 3 rings (SSSR count). The number of carbonyl (C=O) groups excluding carboxylic acids is 1. The Balaban J connectivity index is 0.00000300. The zero-order chi connectivity index (χ0) is 19.8. The van der Waals surface area contributed by atoms with Gasteiger partial charge in [-0.25, -0.2) is 14.8 Å². The summed E-state index contributed by atoms with van der Waals surface area (Å²) < 4.78 is 4.79. The Labute approximate surface area is 187 Å². The second-order valence-electron chi connectivity index (χ2n) is 6.61. The number of likely N-dealkylation sites (tertiary alicyclic amines) is 1. The van der Waals surface area contributed by atoms with Gasteiger partial charge in [0, 0.05) is 31.2 Å². The predicted octanol–water partition coefficient (Wildman–Crippen LogP) is 2.38. The van der Waals surface area contributed by atoms with Crippen LogP contribution in [0.4, 0.5) is 4.79 Å². The van der Waals surface area contributed by atoms with Gasteiger partial charge in [0.1, 0.15) is 6.33 Å². The summed E-state index contributed by atoms with van der Waals surface area (Å²) in [5, 5.41) is 13.5. The van der Waals surface area contributed by atoms with E-state index in [9.17, 15) is 4.79 Å². The lowest BCUT2D eigenvalue weighted by Crippen LogP contribution is -2.49. The van der Waals surface area contributed by atoms with E-state index in [2.05, 4.69) is 31.9 Å². The number of H-pyrrole nitrogens is 1. The van der Waals surface area contributed by atoms with Crippen LogP contribution in [0.1, 0.15) is 25.3 Å². The third kappa shape index (κ3) is 6.58. The van der Waals surface area contributed by atoms with Gasteiger partial charge in [-0.15, -0.1) is 24.0 Å². The molecule has 0 unspecified atom stereocenters. The van der Waals surface area contributed by atoms with Gasteiger partial charge < -0.3 is 20.3 Å². The van der Waals surface area contributed by atoms with E-state index < -0.39 is 0 Å². The number of guanidine groups is 1. The predicted molar refractivity (Wildman–Crippen MR) is 122 cm³/mol. The van der Waals surface area contributed by atoms with E-state index in [1.807, 2.05) is 25.1 Å². The second kappa shape index (κ2) is 11.6. The fourth-order valence-corrected chi connectivity index (χ4v) is 3.18. The molecule has 1 aliphatic rings. The first-order valence-electron chi connectivity index (χ1n) is 9.52. The standard InChI is InChI=1S/C19H27N7O2.HI/c1-3-20-18(24-16-7-9-26(10-8-16)19(27)28-2)21-12-14-5-4-6-15(11-14)17-22-13-23-25-17;/h4-6,11,13,16H,3,7-10,12H2,1-2H3,(H2,20,21,24)(H,22,23,25);1H. The lowest BCUT2D eigenvalue weighted by atomic mass is 10.1. The number of aromatic amines is 1. The van der Waals surface area contributed by atoms with Crippen LogP contribution in [0.3, 0.4) is 0 Å². The molecule has 0 atom stereocenters. The molecule has 1 amide bonds. The number of nitrogens with zero attached hydrogens (tertiary/aromatic N) is 4. The highest BCUT2D eigenvalue weighted by molar-refractivity contribution is 14.0. The molecule has 1 fully saturated rings. The molecule has 1 saturated heterocycles. The normalized spacial score (nSPS) is 14.8. The molecule has 3 N–H and O–H groups in total. The lowest BCUT2D eigenvalue weighted by molar-refractivity contribution is 0.111. The number of aliphatic imine (C=N–C) groups is 1. The van der Waals surface area contributed by atoms with Gasteiger partial charge in [0.2, 0.25) is 0 Å². The van der Waals surface area contributed by atoms with Gasteiger partial charge in [0.05, 0.1) is 13.7 Å². The largest absolute Gasteiger partial charge is 0.453 e. The van der Waals surface area contributed by atoms with Crippen LogP contribution in [0.25, 0.3) is 11.4 Å². The molecule has 9 nitrogen and oxygen atoms in total. The summed E-state index contributed by atoms with van der Waals surface area (Å²) in [4.78, 5) is 22.2. The Morgan fingerprint density at radius 1 is 1.38 bits per heavy atom. The first-order chi connectivity index (χ1) is 13.7. The summed E-state index contributed by atoms with van der Waals surface area (Å²) in [6.07, 6.45) is 2.96. The number of aromatic nitrogens is 3. The van der Waals surface area contributed by atoms with Crippen LogP contribution >= 0.6 is 24.0 Å². The van der Waals surface area contributed by atoms with Gasteiger partial charge >= 0.3 is 6.09 Å². The molecule has 0 bridgehead atoms. The van der Waals surface area contributed by atoms with Crippen molar-refractivity contribution in [1.29, 1.82) is 0 Å². The quantitative estimate of drug-likeness (QED) is 0.322. The first-order valence-corrected chi connectivity index (χ1v) is 9.52. The van der Waals surface area contributed by atoms with E-state index in [4.69, 9.17) is 9.73 Å². The molecule has 0 aliphatic carbocycles. The zero-order valence-electron chi connectivity index (χ0n) is 16.7. The molecule has 0 spiro atoms. The summed E-state index contributed by atoms with van der Waals surface area (Å²) in [6, 6.07) is 8.36. The smallest absolute Gasteiger partial charge is 0.409 e. The Bertz CT molecular complexity index is 790. The van der Waals surface area contributed by atoms with Crippen molar-refractivity contribution in [3.05, 3.63) is 36.2 Å². The van der Waals surface area contributed by atoms with Crippen molar-refractivity contribution in [2.75, 3.05) is 26.7 Å². The fourth-order valence-electron chi connectivity index (χ4n) is 3.18. The highest BCUT2D eigenvalue weighted by Crippen LogP contribution is 2.16. The number of carbonyl (C=O) groups is 1. The minimum absolute atomic E-state index is 0. The van der Waals surface area contributed by atoms with Gasteiger partial charge in [0.25, 0.3) is 0 Å². The summed E-state index contributed by atoms with van der Waals surface area (Å²) in [7, 11) is 1.42. The zero-order valence-corrected chi connectivity index (χ0v) is 19.1. The number of halogens is 1. The minimum atomic E-state index is -0.259. The maximum Gasteiger partial charge on any atom is 0.409 e. The van der Waals surface area contributed by atoms with E-state index in [1.54, 1.807) is 4.90 Å². The molecule has 158 valence electrons. The topological polar surface area (TPSA) is 108 Å². The lowest BCUT2D eigenvalue weighted by Gasteiger charge is -2.32. The van der Waals surface area contributed by atoms with Crippen molar-refractivity contribution < 1.29 is 9.53 Å². The maximum absolute atomic E-state index is 11.6. The van der Waals surface area contributed by atoms with Crippen molar-refractivity contribution in [3.8, 4) is 11.4 Å². The molecule has 1 aromatic carbocycles. The molecule has 1 aliphatic heterocycles. The van der Waals surface area contributed by atoms with Crippen LogP contribution in [0, 0.1) is 0 Å². The molecule has 29 heavy (non-hydrogen) atoms.